The highest BCUT2D eigenvalue weighted by atomic mass is 16.6. The largest absolute Gasteiger partial charge is 0.445 e. The molecule has 0 aliphatic carbocycles. The standard InChI is InChI=1S/C15H22N2O2/c1-12(2)17(14-8-9-16-10-14)15(18)19-11-13-6-4-3-5-7-13/h3-7,12,14,16H,8-11H2,1-2H3/t14-/m0/s1. The number of rotatable bonds is 4. The number of ether oxygens (including phenoxy) is 1. The molecule has 0 radical (unpaired) electrons. The van der Waals surface area contributed by atoms with Crippen LogP contribution in [0, 0.1) is 0 Å². The molecule has 19 heavy (non-hydrogen) atoms. The number of hydrogen-bond acceptors (Lipinski definition) is 3. The van der Waals surface area contributed by atoms with Gasteiger partial charge in [0.2, 0.25) is 0 Å². The first-order valence-electron chi connectivity index (χ1n) is 6.88. The lowest BCUT2D eigenvalue weighted by Gasteiger charge is -2.31. The van der Waals surface area contributed by atoms with Crippen molar-refractivity contribution in [3.05, 3.63) is 35.9 Å². The SMILES string of the molecule is CC(C)N(C(=O)OCc1ccccc1)[C@H]1CCNC1. The van der Waals surface area contributed by atoms with E-state index >= 15 is 0 Å². The number of benzene rings is 1. The summed E-state index contributed by atoms with van der Waals surface area (Å²) >= 11 is 0. The maximum atomic E-state index is 12.2. The second kappa shape index (κ2) is 6.57. The maximum Gasteiger partial charge on any atom is 0.410 e. The van der Waals surface area contributed by atoms with Crippen molar-refractivity contribution in [2.24, 2.45) is 0 Å². The van der Waals surface area contributed by atoms with Crippen molar-refractivity contribution >= 4 is 6.09 Å². The van der Waals surface area contributed by atoms with Gasteiger partial charge in [-0.25, -0.2) is 4.79 Å². The second-order valence-electron chi connectivity index (χ2n) is 5.19. The molecule has 1 atom stereocenters. The summed E-state index contributed by atoms with van der Waals surface area (Å²) in [6.07, 6.45) is 0.783. The van der Waals surface area contributed by atoms with Gasteiger partial charge < -0.3 is 15.0 Å². The van der Waals surface area contributed by atoms with Crippen LogP contribution in [0.4, 0.5) is 4.79 Å². The summed E-state index contributed by atoms with van der Waals surface area (Å²) in [7, 11) is 0. The van der Waals surface area contributed by atoms with Gasteiger partial charge >= 0.3 is 6.09 Å². The van der Waals surface area contributed by atoms with Gasteiger partial charge in [-0.3, -0.25) is 0 Å². The van der Waals surface area contributed by atoms with Crippen molar-refractivity contribution in [2.75, 3.05) is 13.1 Å². The Bertz CT molecular complexity index is 400. The second-order valence-corrected chi connectivity index (χ2v) is 5.19. The Morgan fingerprint density at radius 1 is 1.42 bits per heavy atom. The number of amides is 1. The number of carbonyl (C=O) groups is 1. The van der Waals surface area contributed by atoms with E-state index in [0.717, 1.165) is 25.1 Å². The third kappa shape index (κ3) is 3.70. The topological polar surface area (TPSA) is 41.6 Å². The van der Waals surface area contributed by atoms with E-state index in [1.165, 1.54) is 0 Å². The lowest BCUT2D eigenvalue weighted by molar-refractivity contribution is 0.0707. The minimum absolute atomic E-state index is 0.160. The molecule has 1 aliphatic rings. The molecule has 104 valence electrons. The fraction of sp³-hybridized carbons (Fsp3) is 0.533. The van der Waals surface area contributed by atoms with Gasteiger partial charge in [0.05, 0.1) is 0 Å². The van der Waals surface area contributed by atoms with Crippen LogP contribution in [0.15, 0.2) is 30.3 Å². The predicted molar refractivity (Wildman–Crippen MR) is 74.9 cm³/mol. The molecular weight excluding hydrogens is 240 g/mol. The van der Waals surface area contributed by atoms with E-state index in [1.54, 1.807) is 0 Å². The third-order valence-electron chi connectivity index (χ3n) is 3.40. The van der Waals surface area contributed by atoms with E-state index in [2.05, 4.69) is 5.32 Å². The predicted octanol–water partition coefficient (Wildman–Crippen LogP) is 2.40. The average Bonchev–Trinajstić information content (AvgIpc) is 2.91. The van der Waals surface area contributed by atoms with Crippen LogP contribution >= 0.6 is 0 Å². The van der Waals surface area contributed by atoms with Crippen LogP contribution < -0.4 is 5.32 Å². The van der Waals surface area contributed by atoms with Crippen molar-refractivity contribution < 1.29 is 9.53 Å². The normalized spacial score (nSPS) is 18.6. The zero-order chi connectivity index (χ0) is 13.7. The molecule has 1 saturated heterocycles. The Balaban J connectivity index is 1.92. The monoisotopic (exact) mass is 262 g/mol. The molecular formula is C15H22N2O2. The third-order valence-corrected chi connectivity index (χ3v) is 3.40. The summed E-state index contributed by atoms with van der Waals surface area (Å²) in [6.45, 7) is 6.23. The molecule has 1 N–H and O–H groups in total. The summed E-state index contributed by atoms with van der Waals surface area (Å²) in [5, 5.41) is 3.29. The van der Waals surface area contributed by atoms with Crippen molar-refractivity contribution in [1.29, 1.82) is 0 Å². The van der Waals surface area contributed by atoms with Crippen LogP contribution in [0.1, 0.15) is 25.8 Å². The summed E-state index contributed by atoms with van der Waals surface area (Å²) in [5.41, 5.74) is 1.02. The number of carbonyl (C=O) groups excluding carboxylic acids is 1. The lowest BCUT2D eigenvalue weighted by atomic mass is 10.2. The van der Waals surface area contributed by atoms with E-state index in [0.29, 0.717) is 6.61 Å². The van der Waals surface area contributed by atoms with Crippen LogP contribution in [0.3, 0.4) is 0 Å². The minimum Gasteiger partial charge on any atom is -0.445 e. The van der Waals surface area contributed by atoms with Crippen LogP contribution in [-0.4, -0.2) is 36.2 Å². The molecule has 1 aromatic rings. The average molecular weight is 262 g/mol. The molecule has 1 heterocycles. The Kier molecular flexibility index (Phi) is 4.80. The van der Waals surface area contributed by atoms with Gasteiger partial charge in [0.25, 0.3) is 0 Å². The fourth-order valence-electron chi connectivity index (χ4n) is 2.45. The van der Waals surface area contributed by atoms with Gasteiger partial charge in [-0.05, 0) is 32.4 Å². The first-order chi connectivity index (χ1) is 9.18. The Morgan fingerprint density at radius 3 is 2.74 bits per heavy atom. The van der Waals surface area contributed by atoms with Crippen molar-refractivity contribution in [2.45, 2.75) is 39.0 Å². The molecule has 0 saturated carbocycles. The molecule has 0 bridgehead atoms. The van der Waals surface area contributed by atoms with E-state index in [-0.39, 0.29) is 18.2 Å². The number of nitrogens with one attached hydrogen (secondary N) is 1. The zero-order valence-corrected chi connectivity index (χ0v) is 11.6. The zero-order valence-electron chi connectivity index (χ0n) is 11.6. The molecule has 0 unspecified atom stereocenters. The molecule has 1 amide bonds. The van der Waals surface area contributed by atoms with Crippen molar-refractivity contribution in [3.63, 3.8) is 0 Å². The molecule has 1 aliphatic heterocycles. The van der Waals surface area contributed by atoms with Crippen molar-refractivity contribution in [1.82, 2.24) is 10.2 Å². The molecule has 1 fully saturated rings. The van der Waals surface area contributed by atoms with Gasteiger partial charge in [0, 0.05) is 18.6 Å². The highest BCUT2D eigenvalue weighted by Crippen LogP contribution is 2.15. The van der Waals surface area contributed by atoms with E-state index in [1.807, 2.05) is 49.1 Å². The van der Waals surface area contributed by atoms with Gasteiger partial charge in [0.15, 0.2) is 0 Å². The highest BCUT2D eigenvalue weighted by molar-refractivity contribution is 5.68. The van der Waals surface area contributed by atoms with Crippen LogP contribution in [0.2, 0.25) is 0 Å². The maximum absolute atomic E-state index is 12.2. The molecule has 4 nitrogen and oxygen atoms in total. The number of nitrogens with zero attached hydrogens (tertiary/aromatic N) is 1. The van der Waals surface area contributed by atoms with Gasteiger partial charge in [-0.15, -0.1) is 0 Å². The fourth-order valence-corrected chi connectivity index (χ4v) is 2.45. The molecule has 4 heteroatoms. The van der Waals surface area contributed by atoms with Crippen LogP contribution in [0.25, 0.3) is 0 Å². The van der Waals surface area contributed by atoms with E-state index in [9.17, 15) is 4.79 Å². The molecule has 0 spiro atoms. The summed E-state index contributed by atoms with van der Waals surface area (Å²) in [6, 6.07) is 10.2. The lowest BCUT2D eigenvalue weighted by Crippen LogP contribution is -2.46. The highest BCUT2D eigenvalue weighted by Gasteiger charge is 2.29. The summed E-state index contributed by atoms with van der Waals surface area (Å²) in [5.74, 6) is 0. The Hall–Kier alpha value is -1.55. The van der Waals surface area contributed by atoms with Gasteiger partial charge in [-0.2, -0.15) is 0 Å². The van der Waals surface area contributed by atoms with Crippen LogP contribution in [-0.2, 0) is 11.3 Å². The van der Waals surface area contributed by atoms with Crippen LogP contribution in [0.5, 0.6) is 0 Å². The molecule has 0 aromatic heterocycles. The molecule has 1 aromatic carbocycles. The number of hydrogen-bond donors (Lipinski definition) is 1. The smallest absolute Gasteiger partial charge is 0.410 e. The van der Waals surface area contributed by atoms with E-state index < -0.39 is 0 Å². The van der Waals surface area contributed by atoms with Gasteiger partial charge in [-0.1, -0.05) is 30.3 Å². The van der Waals surface area contributed by atoms with Crippen molar-refractivity contribution in [3.8, 4) is 0 Å². The Labute approximate surface area is 114 Å². The summed E-state index contributed by atoms with van der Waals surface area (Å²) in [4.78, 5) is 14.1. The Morgan fingerprint density at radius 2 is 2.16 bits per heavy atom. The first-order valence-corrected chi connectivity index (χ1v) is 6.88. The molecule has 2 rings (SSSR count). The minimum atomic E-state index is -0.215. The first kappa shape index (κ1) is 13.9. The summed E-state index contributed by atoms with van der Waals surface area (Å²) < 4.78 is 5.42. The quantitative estimate of drug-likeness (QED) is 0.906. The van der Waals surface area contributed by atoms with E-state index in [4.69, 9.17) is 4.74 Å². The van der Waals surface area contributed by atoms with Gasteiger partial charge in [0.1, 0.15) is 6.61 Å².